The van der Waals surface area contributed by atoms with E-state index in [1.807, 2.05) is 0 Å². The van der Waals surface area contributed by atoms with Crippen LogP contribution in [0.4, 0.5) is 16.2 Å². The summed E-state index contributed by atoms with van der Waals surface area (Å²) in [7, 11) is 1.46. The number of rotatable bonds is 4. The number of aliphatic imine (C=N–C) groups is 1. The van der Waals surface area contributed by atoms with Gasteiger partial charge >= 0.3 is 6.03 Å². The molecule has 1 atom stereocenters. The van der Waals surface area contributed by atoms with Crippen LogP contribution in [0.5, 0.6) is 5.75 Å². The predicted octanol–water partition coefficient (Wildman–Crippen LogP) is 3.60. The van der Waals surface area contributed by atoms with Crippen molar-refractivity contribution in [3.8, 4) is 5.75 Å². The summed E-state index contributed by atoms with van der Waals surface area (Å²) < 4.78 is 5.10. The Morgan fingerprint density at radius 3 is 2.63 bits per heavy atom. The molecule has 3 rings (SSSR count). The van der Waals surface area contributed by atoms with Crippen molar-refractivity contribution in [2.45, 2.75) is 0 Å². The molecular formula is C18H13Cl2N3O4. The van der Waals surface area contributed by atoms with Gasteiger partial charge in [0.15, 0.2) is 5.92 Å². The highest BCUT2D eigenvalue weighted by Crippen LogP contribution is 2.28. The van der Waals surface area contributed by atoms with Crippen molar-refractivity contribution in [1.29, 1.82) is 0 Å². The Morgan fingerprint density at radius 2 is 1.93 bits per heavy atom. The molecule has 0 spiro atoms. The minimum Gasteiger partial charge on any atom is -0.497 e. The molecule has 0 aliphatic carbocycles. The number of ether oxygens (including phenoxy) is 1. The molecule has 1 heterocycles. The molecule has 4 amide bonds. The minimum absolute atomic E-state index is 0.267. The number of urea groups is 1. The Morgan fingerprint density at radius 1 is 1.15 bits per heavy atom. The second-order valence-corrected chi connectivity index (χ2v) is 6.36. The number of amides is 4. The number of benzene rings is 2. The highest BCUT2D eigenvalue weighted by molar-refractivity contribution is 6.36. The van der Waals surface area contributed by atoms with Crippen LogP contribution in [-0.2, 0) is 9.59 Å². The number of carbonyl (C=O) groups excluding carboxylic acids is 3. The lowest BCUT2D eigenvalue weighted by Gasteiger charge is -2.28. The SMILES string of the molecule is COc1cccc(N2C(=O)NC(=O)[C@H](C=Nc3ccc(Cl)cc3Cl)C2=O)c1. The first-order valence-corrected chi connectivity index (χ1v) is 8.48. The Kier molecular flexibility index (Phi) is 5.43. The number of nitrogens with one attached hydrogen (secondary N) is 1. The summed E-state index contributed by atoms with van der Waals surface area (Å²) in [6.07, 6.45) is 1.15. The van der Waals surface area contributed by atoms with Crippen LogP contribution in [0.25, 0.3) is 0 Å². The molecule has 7 nitrogen and oxygen atoms in total. The van der Waals surface area contributed by atoms with Gasteiger partial charge in [-0.05, 0) is 30.3 Å². The van der Waals surface area contributed by atoms with Crippen LogP contribution in [0, 0.1) is 5.92 Å². The quantitative estimate of drug-likeness (QED) is 0.621. The van der Waals surface area contributed by atoms with Crippen molar-refractivity contribution in [3.05, 3.63) is 52.5 Å². The molecule has 9 heteroatoms. The van der Waals surface area contributed by atoms with Crippen molar-refractivity contribution in [2.75, 3.05) is 12.0 Å². The van der Waals surface area contributed by atoms with E-state index in [0.29, 0.717) is 16.5 Å². The summed E-state index contributed by atoms with van der Waals surface area (Å²) in [6, 6.07) is 10.1. The van der Waals surface area contributed by atoms with Crippen LogP contribution in [0.2, 0.25) is 10.0 Å². The molecule has 1 aliphatic rings. The van der Waals surface area contributed by atoms with E-state index in [-0.39, 0.29) is 10.7 Å². The summed E-state index contributed by atoms with van der Waals surface area (Å²) in [5.74, 6) is -2.33. The van der Waals surface area contributed by atoms with Crippen LogP contribution in [0.3, 0.4) is 0 Å². The Labute approximate surface area is 164 Å². The molecule has 1 aliphatic heterocycles. The van der Waals surface area contributed by atoms with Gasteiger partial charge in [0.25, 0.3) is 5.91 Å². The third-order valence-corrected chi connectivity index (χ3v) is 4.32. The van der Waals surface area contributed by atoms with Crippen molar-refractivity contribution >= 4 is 58.6 Å². The Bertz CT molecular complexity index is 961. The summed E-state index contributed by atoms with van der Waals surface area (Å²) in [4.78, 5) is 42.0. The number of methoxy groups -OCH3 is 1. The lowest BCUT2D eigenvalue weighted by atomic mass is 10.1. The van der Waals surface area contributed by atoms with E-state index in [0.717, 1.165) is 11.1 Å². The molecule has 0 bridgehead atoms. The summed E-state index contributed by atoms with van der Waals surface area (Å²) in [6.45, 7) is 0. The molecule has 27 heavy (non-hydrogen) atoms. The first-order valence-electron chi connectivity index (χ1n) is 7.73. The van der Waals surface area contributed by atoms with Gasteiger partial charge in [-0.1, -0.05) is 29.3 Å². The van der Waals surface area contributed by atoms with Crippen LogP contribution in [0.15, 0.2) is 47.5 Å². The third kappa shape index (κ3) is 3.94. The molecule has 1 N–H and O–H groups in total. The minimum atomic E-state index is -1.29. The fourth-order valence-electron chi connectivity index (χ4n) is 2.46. The van der Waals surface area contributed by atoms with Crippen molar-refractivity contribution in [2.24, 2.45) is 10.9 Å². The number of nitrogens with zero attached hydrogens (tertiary/aromatic N) is 2. The smallest absolute Gasteiger partial charge is 0.335 e. The fourth-order valence-corrected chi connectivity index (χ4v) is 2.91. The number of imide groups is 2. The number of hydrogen-bond donors (Lipinski definition) is 1. The van der Waals surface area contributed by atoms with E-state index in [1.54, 1.807) is 30.3 Å². The Hall–Kier alpha value is -2.90. The zero-order chi connectivity index (χ0) is 19.6. The van der Waals surface area contributed by atoms with E-state index in [9.17, 15) is 14.4 Å². The third-order valence-electron chi connectivity index (χ3n) is 3.79. The Balaban J connectivity index is 1.91. The molecule has 0 radical (unpaired) electrons. The van der Waals surface area contributed by atoms with Gasteiger partial charge in [0, 0.05) is 17.3 Å². The van der Waals surface area contributed by atoms with Gasteiger partial charge in [0.1, 0.15) is 5.75 Å². The molecule has 0 saturated carbocycles. The molecule has 0 aromatic heterocycles. The highest BCUT2D eigenvalue weighted by atomic mass is 35.5. The van der Waals surface area contributed by atoms with Gasteiger partial charge in [-0.3, -0.25) is 19.9 Å². The van der Waals surface area contributed by atoms with Crippen LogP contribution < -0.4 is 15.0 Å². The van der Waals surface area contributed by atoms with Gasteiger partial charge in [-0.15, -0.1) is 0 Å². The normalized spacial score (nSPS) is 17.4. The topological polar surface area (TPSA) is 88.1 Å². The van der Waals surface area contributed by atoms with Crippen LogP contribution >= 0.6 is 23.2 Å². The molecule has 2 aromatic rings. The number of barbiturate groups is 1. The van der Waals surface area contributed by atoms with Gasteiger partial charge < -0.3 is 4.74 Å². The lowest BCUT2D eigenvalue weighted by Crippen LogP contribution is -2.58. The fraction of sp³-hybridized carbons (Fsp3) is 0.111. The second-order valence-electron chi connectivity index (χ2n) is 5.52. The standard InChI is InChI=1S/C18H13Cl2N3O4/c1-27-12-4-2-3-11(8-12)23-17(25)13(16(24)22-18(23)26)9-21-15-6-5-10(19)7-14(15)20/h2-9,13H,1H3,(H,22,24,26)/t13-/m0/s1. The first kappa shape index (κ1) is 18.9. The largest absolute Gasteiger partial charge is 0.497 e. The average molecular weight is 406 g/mol. The van der Waals surface area contributed by atoms with Crippen LogP contribution in [0.1, 0.15) is 0 Å². The number of carbonyl (C=O) groups is 3. The lowest BCUT2D eigenvalue weighted by molar-refractivity contribution is -0.131. The number of hydrogen-bond acceptors (Lipinski definition) is 5. The van der Waals surface area contributed by atoms with Crippen molar-refractivity contribution in [3.63, 3.8) is 0 Å². The molecular weight excluding hydrogens is 393 g/mol. The summed E-state index contributed by atoms with van der Waals surface area (Å²) >= 11 is 11.9. The van der Waals surface area contributed by atoms with Gasteiger partial charge in [0.2, 0.25) is 5.91 Å². The average Bonchev–Trinajstić information content (AvgIpc) is 2.63. The van der Waals surface area contributed by atoms with E-state index in [2.05, 4.69) is 10.3 Å². The molecule has 2 aromatic carbocycles. The zero-order valence-electron chi connectivity index (χ0n) is 14.0. The predicted molar refractivity (Wildman–Crippen MR) is 102 cm³/mol. The van der Waals surface area contributed by atoms with Gasteiger partial charge in [-0.25, -0.2) is 9.69 Å². The second kappa shape index (κ2) is 7.77. The maximum Gasteiger partial charge on any atom is 0.335 e. The number of halogens is 2. The summed E-state index contributed by atoms with van der Waals surface area (Å²) in [5, 5.41) is 2.84. The van der Waals surface area contributed by atoms with Crippen molar-refractivity contribution in [1.82, 2.24) is 5.32 Å². The molecule has 1 saturated heterocycles. The molecule has 1 fully saturated rings. The van der Waals surface area contributed by atoms with Crippen molar-refractivity contribution < 1.29 is 19.1 Å². The van der Waals surface area contributed by atoms with E-state index < -0.39 is 23.8 Å². The van der Waals surface area contributed by atoms with E-state index in [4.69, 9.17) is 27.9 Å². The highest BCUT2D eigenvalue weighted by Gasteiger charge is 2.40. The number of anilines is 1. The summed E-state index contributed by atoms with van der Waals surface area (Å²) in [5.41, 5.74) is 0.610. The van der Waals surface area contributed by atoms with Gasteiger partial charge in [0.05, 0.1) is 23.5 Å². The zero-order valence-corrected chi connectivity index (χ0v) is 15.5. The molecule has 0 unspecified atom stereocenters. The first-order chi connectivity index (χ1) is 12.9. The van der Waals surface area contributed by atoms with E-state index >= 15 is 0 Å². The van der Waals surface area contributed by atoms with Crippen LogP contribution in [-0.4, -0.2) is 31.2 Å². The maximum atomic E-state index is 12.8. The van der Waals surface area contributed by atoms with Gasteiger partial charge in [-0.2, -0.15) is 0 Å². The maximum absolute atomic E-state index is 12.8. The monoisotopic (exact) mass is 405 g/mol. The molecule has 138 valence electrons. The van der Waals surface area contributed by atoms with E-state index in [1.165, 1.54) is 19.2 Å².